The van der Waals surface area contributed by atoms with Gasteiger partial charge in [-0.1, -0.05) is 34.1 Å². The maximum absolute atomic E-state index is 13.0. The van der Waals surface area contributed by atoms with Gasteiger partial charge in [-0.15, -0.1) is 0 Å². The second kappa shape index (κ2) is 14.8. The normalized spacial score (nSPS) is 15.3. The lowest BCUT2D eigenvalue weighted by atomic mass is 9.96. The first-order chi connectivity index (χ1) is 15.7. The summed E-state index contributed by atoms with van der Waals surface area (Å²) in [6.45, 7) is 7.74. The summed E-state index contributed by atoms with van der Waals surface area (Å²) in [5.41, 5.74) is 10.9. The van der Waals surface area contributed by atoms with E-state index in [-0.39, 0.29) is 24.7 Å². The first-order valence-corrected chi connectivity index (χ1v) is 11.2. The molecule has 0 aliphatic heterocycles. The van der Waals surface area contributed by atoms with Crippen molar-refractivity contribution >= 4 is 35.5 Å². The van der Waals surface area contributed by atoms with E-state index >= 15 is 0 Å². The summed E-state index contributed by atoms with van der Waals surface area (Å²) in [5, 5.41) is 18.4. The first kappa shape index (κ1) is 30.8. The average molecular weight is 487 g/mol. The number of carboxylic acids is 1. The van der Waals surface area contributed by atoms with Crippen molar-refractivity contribution < 1.29 is 33.9 Å². The van der Waals surface area contributed by atoms with Crippen LogP contribution in [0.3, 0.4) is 0 Å². The van der Waals surface area contributed by atoms with Gasteiger partial charge >= 0.3 is 5.97 Å². The molecule has 0 aromatic carbocycles. The second-order valence-electron chi connectivity index (χ2n) is 8.56. The number of aliphatic carboxylic acids is 1. The average Bonchev–Trinajstić information content (AvgIpc) is 2.75. The summed E-state index contributed by atoms with van der Waals surface area (Å²) in [6.07, 6.45) is 0.478. The van der Waals surface area contributed by atoms with Crippen LogP contribution in [0.2, 0.25) is 0 Å². The van der Waals surface area contributed by atoms with Crippen molar-refractivity contribution in [3.8, 4) is 0 Å². The number of carbonyl (C=O) groups excluding carboxylic acids is 5. The van der Waals surface area contributed by atoms with Crippen molar-refractivity contribution in [1.82, 2.24) is 21.3 Å². The Labute approximate surface area is 199 Å². The predicted molar refractivity (Wildman–Crippen MR) is 123 cm³/mol. The third kappa shape index (κ3) is 11.1. The minimum Gasteiger partial charge on any atom is -0.480 e. The van der Waals surface area contributed by atoms with Crippen molar-refractivity contribution in [2.45, 2.75) is 78.0 Å². The molecule has 5 atom stereocenters. The Morgan fingerprint density at radius 3 is 1.82 bits per heavy atom. The van der Waals surface area contributed by atoms with Gasteiger partial charge < -0.3 is 37.8 Å². The number of rotatable bonds is 15. The van der Waals surface area contributed by atoms with Crippen molar-refractivity contribution in [2.24, 2.45) is 23.3 Å². The Kier molecular flexibility index (Phi) is 13.4. The van der Waals surface area contributed by atoms with Crippen LogP contribution in [-0.4, -0.2) is 71.3 Å². The fraction of sp³-hybridized carbons (Fsp3) is 0.714. The van der Waals surface area contributed by atoms with Crippen LogP contribution < -0.4 is 32.7 Å². The number of carbonyl (C=O) groups is 6. The van der Waals surface area contributed by atoms with Crippen LogP contribution in [0.15, 0.2) is 0 Å². The minimum absolute atomic E-state index is 0.0227. The Balaban J connectivity index is 5.31. The van der Waals surface area contributed by atoms with Crippen LogP contribution in [-0.2, 0) is 28.8 Å². The van der Waals surface area contributed by atoms with Gasteiger partial charge in [0.25, 0.3) is 0 Å². The van der Waals surface area contributed by atoms with E-state index in [1.807, 2.05) is 6.92 Å². The topological polar surface area (TPSA) is 223 Å². The van der Waals surface area contributed by atoms with Crippen LogP contribution >= 0.6 is 0 Å². The molecule has 194 valence electrons. The number of amides is 5. The molecule has 13 heteroatoms. The molecular formula is C21H38N6O7. The van der Waals surface area contributed by atoms with Gasteiger partial charge in [0.05, 0.1) is 6.04 Å². The van der Waals surface area contributed by atoms with Gasteiger partial charge in [-0.3, -0.25) is 28.8 Å². The molecule has 0 aliphatic rings. The van der Waals surface area contributed by atoms with Crippen LogP contribution in [0.1, 0.15) is 53.9 Å². The number of nitrogens with one attached hydrogen (secondary N) is 4. The van der Waals surface area contributed by atoms with Crippen molar-refractivity contribution in [1.29, 1.82) is 0 Å². The van der Waals surface area contributed by atoms with Gasteiger partial charge in [-0.05, 0) is 25.2 Å². The summed E-state index contributed by atoms with van der Waals surface area (Å²) in [6, 6.07) is -4.11. The summed E-state index contributed by atoms with van der Waals surface area (Å²) in [5.74, 6) is -5.08. The van der Waals surface area contributed by atoms with Gasteiger partial charge in [-0.25, -0.2) is 0 Å². The smallest absolute Gasteiger partial charge is 0.322 e. The van der Waals surface area contributed by atoms with Crippen molar-refractivity contribution in [3.63, 3.8) is 0 Å². The van der Waals surface area contributed by atoms with E-state index in [0.29, 0.717) is 6.42 Å². The molecule has 0 bridgehead atoms. The zero-order chi connectivity index (χ0) is 26.6. The van der Waals surface area contributed by atoms with Gasteiger partial charge in [0, 0.05) is 6.42 Å². The molecule has 0 aromatic heterocycles. The summed E-state index contributed by atoms with van der Waals surface area (Å²) in [7, 11) is 0. The Morgan fingerprint density at radius 1 is 0.824 bits per heavy atom. The van der Waals surface area contributed by atoms with Crippen LogP contribution in [0.4, 0.5) is 0 Å². The first-order valence-electron chi connectivity index (χ1n) is 11.2. The monoisotopic (exact) mass is 486 g/mol. The molecule has 0 unspecified atom stereocenters. The summed E-state index contributed by atoms with van der Waals surface area (Å²) >= 11 is 0. The van der Waals surface area contributed by atoms with Crippen LogP contribution in [0.25, 0.3) is 0 Å². The number of nitrogens with two attached hydrogens (primary N) is 2. The van der Waals surface area contributed by atoms with E-state index < -0.39 is 66.2 Å². The fourth-order valence-electron chi connectivity index (χ4n) is 2.85. The van der Waals surface area contributed by atoms with Gasteiger partial charge in [0.2, 0.25) is 29.5 Å². The zero-order valence-corrected chi connectivity index (χ0v) is 20.3. The molecule has 34 heavy (non-hydrogen) atoms. The molecule has 9 N–H and O–H groups in total. The van der Waals surface area contributed by atoms with Gasteiger partial charge in [-0.2, -0.15) is 0 Å². The van der Waals surface area contributed by atoms with E-state index in [2.05, 4.69) is 21.3 Å². The van der Waals surface area contributed by atoms with E-state index in [9.17, 15) is 28.8 Å². The third-order valence-corrected chi connectivity index (χ3v) is 5.24. The molecule has 0 spiro atoms. The summed E-state index contributed by atoms with van der Waals surface area (Å²) < 4.78 is 0. The standard InChI is InChI=1S/C21H38N6O7/c1-6-11(4)17(27-19(32)13(22)7-8-14(23)28)21(34)26-16(10(2)3)20(33)25-12(5)18(31)24-9-15(29)30/h10-13,16-17H,6-9,22H2,1-5H3,(H2,23,28)(H,24,31)(H,25,33)(H,26,34)(H,27,32)(H,29,30)/t11-,12-,13-,16-,17-/m0/s1. The largest absolute Gasteiger partial charge is 0.480 e. The van der Waals surface area contributed by atoms with Gasteiger partial charge in [0.1, 0.15) is 24.7 Å². The quantitative estimate of drug-likeness (QED) is 0.136. The van der Waals surface area contributed by atoms with E-state index in [1.54, 1.807) is 20.8 Å². The summed E-state index contributed by atoms with van der Waals surface area (Å²) in [4.78, 5) is 71.7. The molecule has 0 saturated heterocycles. The number of hydrogen-bond acceptors (Lipinski definition) is 7. The maximum Gasteiger partial charge on any atom is 0.322 e. The van der Waals surface area contributed by atoms with Crippen LogP contribution in [0.5, 0.6) is 0 Å². The lowest BCUT2D eigenvalue weighted by Crippen LogP contribution is -2.60. The molecule has 5 amide bonds. The Morgan fingerprint density at radius 2 is 1.35 bits per heavy atom. The lowest BCUT2D eigenvalue weighted by Gasteiger charge is -2.29. The Hall–Kier alpha value is -3.22. The van der Waals surface area contributed by atoms with E-state index in [0.717, 1.165) is 0 Å². The molecule has 0 heterocycles. The highest BCUT2D eigenvalue weighted by Gasteiger charge is 2.33. The zero-order valence-electron chi connectivity index (χ0n) is 20.3. The molecule has 0 saturated carbocycles. The second-order valence-corrected chi connectivity index (χ2v) is 8.56. The number of carboxylic acid groups (broad SMARTS) is 1. The van der Waals surface area contributed by atoms with Crippen molar-refractivity contribution in [2.75, 3.05) is 6.54 Å². The van der Waals surface area contributed by atoms with Gasteiger partial charge in [0.15, 0.2) is 0 Å². The fourth-order valence-corrected chi connectivity index (χ4v) is 2.85. The molecule has 13 nitrogen and oxygen atoms in total. The highest BCUT2D eigenvalue weighted by atomic mass is 16.4. The minimum atomic E-state index is -1.23. The SMILES string of the molecule is CC[C@H](C)[C@H](NC(=O)[C@@H](N)CCC(N)=O)C(=O)N[C@H](C(=O)N[C@@H](C)C(=O)NCC(=O)O)C(C)C. The van der Waals surface area contributed by atoms with E-state index in [4.69, 9.17) is 16.6 Å². The van der Waals surface area contributed by atoms with E-state index in [1.165, 1.54) is 6.92 Å². The molecule has 0 radical (unpaired) electrons. The van der Waals surface area contributed by atoms with Crippen LogP contribution in [0, 0.1) is 11.8 Å². The maximum atomic E-state index is 13.0. The molecule has 0 aromatic rings. The lowest BCUT2D eigenvalue weighted by molar-refractivity contribution is -0.138. The molecule has 0 rings (SSSR count). The number of hydrogen-bond donors (Lipinski definition) is 7. The predicted octanol–water partition coefficient (Wildman–Crippen LogP) is -2.04. The molecule has 0 aliphatic carbocycles. The third-order valence-electron chi connectivity index (χ3n) is 5.24. The van der Waals surface area contributed by atoms with Crippen molar-refractivity contribution in [3.05, 3.63) is 0 Å². The molecule has 0 fully saturated rings. The molecular weight excluding hydrogens is 448 g/mol. The number of primary amides is 1. The highest BCUT2D eigenvalue weighted by molar-refractivity contribution is 5.95. The Bertz CT molecular complexity index is 758. The highest BCUT2D eigenvalue weighted by Crippen LogP contribution is 2.11.